The first-order valence-corrected chi connectivity index (χ1v) is 2.30. The largest absolute Gasteiger partial charge is 1.00 e. The van der Waals surface area contributed by atoms with Crippen LogP contribution < -0.4 is 57.1 Å². The molecule has 0 radical (unpaired) electrons. The van der Waals surface area contributed by atoms with Crippen LogP contribution in [0.25, 0.3) is 0 Å². The predicted molar refractivity (Wildman–Crippen MR) is 31.7 cm³/mol. The van der Waals surface area contributed by atoms with Crippen LogP contribution in [-0.2, 0) is 4.79 Å². The molecule has 0 aliphatic heterocycles. The third-order valence-electron chi connectivity index (χ3n) is 0.132. The third kappa shape index (κ3) is 71.6. The van der Waals surface area contributed by atoms with E-state index in [-0.39, 0.29) is 58.7 Å². The summed E-state index contributed by atoms with van der Waals surface area (Å²) in [5, 5.41) is 13.9. The van der Waals surface area contributed by atoms with Gasteiger partial charge < -0.3 is 17.4 Å². The van der Waals surface area contributed by atoms with Crippen molar-refractivity contribution >= 4 is 23.7 Å². The number of hydrogen-bond donors (Lipinski definition) is 3. The molecule has 0 bridgehead atoms. The number of halogens is 1. The molecule has 0 unspecified atom stereocenters. The fourth-order valence-electron chi connectivity index (χ4n) is 0. The summed E-state index contributed by atoms with van der Waals surface area (Å²) in [6.07, 6.45) is -1.83. The molecule has 1 amide bonds. The van der Waals surface area contributed by atoms with Gasteiger partial charge in [0.1, 0.15) is 5.88 Å². The van der Waals surface area contributed by atoms with Crippen molar-refractivity contribution in [1.29, 1.82) is 0 Å². The Morgan fingerprint density at radius 2 is 1.60 bits per heavy atom. The van der Waals surface area contributed by atoms with Crippen LogP contribution in [0.5, 0.6) is 0 Å². The fourth-order valence-corrected chi connectivity index (χ4v) is 0. The second-order valence-electron chi connectivity index (χ2n) is 0.883. The maximum Gasteiger partial charge on any atom is 1.00 e. The smallest absolute Gasteiger partial charge is 1.00 e. The van der Waals surface area contributed by atoms with Crippen LogP contribution in [0.15, 0.2) is 0 Å². The van der Waals surface area contributed by atoms with Gasteiger partial charge >= 0.3 is 57.5 Å². The molecule has 0 aromatic rings. The first-order valence-electron chi connectivity index (χ1n) is 1.76. The molecule has 0 aromatic carbocycles. The van der Waals surface area contributed by atoms with Crippen molar-refractivity contribution in [2.75, 3.05) is 5.88 Å². The fraction of sp³-hybridized carbons (Fsp3) is 0.333. The molecule has 56 valence electrons. The summed E-state index contributed by atoms with van der Waals surface area (Å²) < 4.78 is 0. The SMILES string of the molecule is NC(=O)CCl.O=C(O)O.[H-].[K+]. The van der Waals surface area contributed by atoms with Crippen molar-refractivity contribution in [1.82, 2.24) is 0 Å². The molecular formula is C3H7ClKNO4. The average Bonchev–Trinajstić information content (AvgIpc) is 1.65. The summed E-state index contributed by atoms with van der Waals surface area (Å²) in [7, 11) is 0. The Hall–Kier alpha value is 0.666. The van der Waals surface area contributed by atoms with E-state index >= 15 is 0 Å². The zero-order valence-corrected chi connectivity index (χ0v) is 9.25. The number of rotatable bonds is 1. The molecule has 0 saturated carbocycles. The minimum Gasteiger partial charge on any atom is -1.00 e. The zero-order valence-electron chi connectivity index (χ0n) is 6.37. The number of nitrogens with two attached hydrogens (primary N) is 1. The number of primary amides is 1. The van der Waals surface area contributed by atoms with E-state index in [1.165, 1.54) is 0 Å². The number of alkyl halides is 1. The topological polar surface area (TPSA) is 101 Å². The van der Waals surface area contributed by atoms with E-state index in [0.717, 1.165) is 0 Å². The molecule has 7 heteroatoms. The number of carboxylic acid groups (broad SMARTS) is 2. The molecule has 0 aliphatic carbocycles. The van der Waals surface area contributed by atoms with Crippen molar-refractivity contribution in [2.24, 2.45) is 5.73 Å². The summed E-state index contributed by atoms with van der Waals surface area (Å²) in [5.41, 5.74) is 4.52. The van der Waals surface area contributed by atoms with Crippen molar-refractivity contribution < 1.29 is 72.6 Å². The van der Waals surface area contributed by atoms with Crippen molar-refractivity contribution in [3.63, 3.8) is 0 Å². The van der Waals surface area contributed by atoms with Gasteiger partial charge in [-0.3, -0.25) is 4.79 Å². The second kappa shape index (κ2) is 12.4. The average molecular weight is 196 g/mol. The van der Waals surface area contributed by atoms with Crippen LogP contribution in [0, 0.1) is 0 Å². The maximum atomic E-state index is 9.46. The normalized spacial score (nSPS) is 6.10. The Balaban J connectivity index is -0.0000000383. The molecule has 0 aliphatic rings. The molecule has 5 nitrogen and oxygen atoms in total. The minimum absolute atomic E-state index is 0. The van der Waals surface area contributed by atoms with Gasteiger partial charge in [-0.25, -0.2) is 4.79 Å². The van der Waals surface area contributed by atoms with Gasteiger partial charge in [0.2, 0.25) is 5.91 Å². The Labute approximate surface area is 106 Å². The van der Waals surface area contributed by atoms with Crippen LogP contribution in [0.1, 0.15) is 1.43 Å². The van der Waals surface area contributed by atoms with Gasteiger partial charge in [-0.05, 0) is 0 Å². The van der Waals surface area contributed by atoms with E-state index < -0.39 is 12.1 Å². The standard InChI is InChI=1S/C2H4ClNO.CH2O3.K.H/c3-1-2(4)5;2-1(3)4;;/h1H2,(H2,4,5);(H2,2,3,4);;/q;;+1;-1. The van der Waals surface area contributed by atoms with Gasteiger partial charge in [0, 0.05) is 0 Å². The van der Waals surface area contributed by atoms with E-state index in [9.17, 15) is 4.79 Å². The van der Waals surface area contributed by atoms with Crippen LogP contribution in [0.4, 0.5) is 4.79 Å². The molecule has 0 atom stereocenters. The van der Waals surface area contributed by atoms with Crippen LogP contribution in [-0.4, -0.2) is 28.2 Å². The quantitative estimate of drug-likeness (QED) is 0.308. The molecule has 0 aromatic heterocycles. The van der Waals surface area contributed by atoms with Crippen molar-refractivity contribution in [3.8, 4) is 0 Å². The van der Waals surface area contributed by atoms with Crippen molar-refractivity contribution in [2.45, 2.75) is 0 Å². The number of amides is 1. The Kier molecular flexibility index (Phi) is 20.9. The molecule has 4 N–H and O–H groups in total. The van der Waals surface area contributed by atoms with E-state index in [4.69, 9.17) is 26.6 Å². The minimum atomic E-state index is -1.83. The first-order chi connectivity index (χ1) is 4.00. The predicted octanol–water partition coefficient (Wildman–Crippen LogP) is -2.95. The van der Waals surface area contributed by atoms with E-state index in [1.807, 2.05) is 0 Å². The Bertz CT molecular complexity index is 110. The molecule has 0 saturated heterocycles. The third-order valence-corrected chi connectivity index (χ3v) is 0.395. The zero-order chi connectivity index (χ0) is 7.86. The number of hydrogen-bond acceptors (Lipinski definition) is 2. The van der Waals surface area contributed by atoms with E-state index in [0.29, 0.717) is 0 Å². The van der Waals surface area contributed by atoms with Gasteiger partial charge in [0.15, 0.2) is 0 Å². The van der Waals surface area contributed by atoms with Gasteiger partial charge in [-0.2, -0.15) is 0 Å². The summed E-state index contributed by atoms with van der Waals surface area (Å²) in [6.45, 7) is 0. The number of carbonyl (C=O) groups is 2. The summed E-state index contributed by atoms with van der Waals surface area (Å²) in [6, 6.07) is 0. The van der Waals surface area contributed by atoms with Crippen molar-refractivity contribution in [3.05, 3.63) is 0 Å². The van der Waals surface area contributed by atoms with Crippen LogP contribution in [0.3, 0.4) is 0 Å². The molecule has 10 heavy (non-hydrogen) atoms. The first kappa shape index (κ1) is 17.0. The van der Waals surface area contributed by atoms with Crippen LogP contribution >= 0.6 is 11.6 Å². The maximum absolute atomic E-state index is 9.46. The van der Waals surface area contributed by atoms with E-state index in [2.05, 4.69) is 5.73 Å². The van der Waals surface area contributed by atoms with Gasteiger partial charge in [-0.1, -0.05) is 0 Å². The van der Waals surface area contributed by atoms with Gasteiger partial charge in [-0.15, -0.1) is 11.6 Å². The summed E-state index contributed by atoms with van der Waals surface area (Å²) >= 11 is 4.86. The molecule has 0 fully saturated rings. The molecule has 0 rings (SSSR count). The monoisotopic (exact) mass is 195 g/mol. The Morgan fingerprint density at radius 1 is 1.50 bits per heavy atom. The summed E-state index contributed by atoms with van der Waals surface area (Å²) in [5.74, 6) is -0.563. The van der Waals surface area contributed by atoms with Crippen LogP contribution in [0.2, 0.25) is 0 Å². The molecular weight excluding hydrogens is 189 g/mol. The Morgan fingerprint density at radius 3 is 1.60 bits per heavy atom. The summed E-state index contributed by atoms with van der Waals surface area (Å²) in [4.78, 5) is 18.0. The molecule has 0 heterocycles. The van der Waals surface area contributed by atoms with E-state index in [1.54, 1.807) is 0 Å². The number of carbonyl (C=O) groups excluding carboxylic acids is 1. The molecule has 0 spiro atoms. The van der Waals surface area contributed by atoms with Gasteiger partial charge in [0.05, 0.1) is 0 Å². The second-order valence-corrected chi connectivity index (χ2v) is 1.15. The van der Waals surface area contributed by atoms with Gasteiger partial charge in [0.25, 0.3) is 0 Å².